The first kappa shape index (κ1) is 11.9. The van der Waals surface area contributed by atoms with E-state index < -0.39 is 11.6 Å². The van der Waals surface area contributed by atoms with E-state index in [0.717, 1.165) is 23.6 Å². The van der Waals surface area contributed by atoms with Crippen LogP contribution in [0.2, 0.25) is 0 Å². The zero-order valence-corrected chi connectivity index (χ0v) is 10.0. The van der Waals surface area contributed by atoms with Crippen LogP contribution in [-0.4, -0.2) is 28.3 Å². The number of carbonyl (C=O) groups excluding carboxylic acids is 1. The van der Waals surface area contributed by atoms with E-state index in [9.17, 15) is 13.6 Å². The summed E-state index contributed by atoms with van der Waals surface area (Å²) in [6.45, 7) is 0. The first-order valence-corrected chi connectivity index (χ1v) is 7.07. The molecule has 0 N–H and O–H groups in total. The Morgan fingerprint density at radius 2 is 2.12 bits per heavy atom. The van der Waals surface area contributed by atoms with Crippen LogP contribution in [0.15, 0.2) is 18.2 Å². The molecule has 1 unspecified atom stereocenters. The van der Waals surface area contributed by atoms with Gasteiger partial charge in [-0.2, -0.15) is 11.8 Å². The quantitative estimate of drug-likeness (QED) is 0.761. The number of thioether (sulfide) groups is 2. The molecule has 1 aromatic carbocycles. The Balaban J connectivity index is 2.19. The van der Waals surface area contributed by atoms with Crippen LogP contribution in [0.3, 0.4) is 0 Å². The molecule has 16 heavy (non-hydrogen) atoms. The maximum Gasteiger partial charge on any atom is 0.179 e. The first-order valence-electron chi connectivity index (χ1n) is 4.87. The van der Waals surface area contributed by atoms with Gasteiger partial charge in [-0.15, -0.1) is 11.8 Å². The average molecular weight is 260 g/mol. The van der Waals surface area contributed by atoms with Crippen LogP contribution in [0.4, 0.5) is 8.78 Å². The summed E-state index contributed by atoms with van der Waals surface area (Å²) in [6, 6.07) is 3.11. The Kier molecular flexibility index (Phi) is 3.86. The highest BCUT2D eigenvalue weighted by Crippen LogP contribution is 2.27. The van der Waals surface area contributed by atoms with Gasteiger partial charge in [-0.05, 0) is 12.1 Å². The smallest absolute Gasteiger partial charge is 0.179 e. The number of benzene rings is 1. The van der Waals surface area contributed by atoms with Crippen LogP contribution in [0, 0.1) is 11.6 Å². The highest BCUT2D eigenvalue weighted by Gasteiger charge is 2.25. The average Bonchev–Trinajstić information content (AvgIpc) is 2.29. The number of hydrogen-bond acceptors (Lipinski definition) is 3. The van der Waals surface area contributed by atoms with Crippen molar-refractivity contribution >= 4 is 29.3 Å². The zero-order chi connectivity index (χ0) is 11.5. The summed E-state index contributed by atoms with van der Waals surface area (Å²) < 4.78 is 26.1. The van der Waals surface area contributed by atoms with Crippen molar-refractivity contribution in [3.63, 3.8) is 0 Å². The third-order valence-electron chi connectivity index (χ3n) is 2.30. The molecule has 1 aliphatic rings. The van der Waals surface area contributed by atoms with E-state index in [-0.39, 0.29) is 16.6 Å². The van der Waals surface area contributed by atoms with Gasteiger partial charge in [0.05, 0.1) is 10.8 Å². The number of hydrogen-bond donors (Lipinski definition) is 0. The van der Waals surface area contributed by atoms with E-state index in [1.54, 1.807) is 23.5 Å². The van der Waals surface area contributed by atoms with Crippen molar-refractivity contribution in [3.8, 4) is 0 Å². The highest BCUT2D eigenvalue weighted by molar-refractivity contribution is 8.07. The molecule has 1 atom stereocenters. The molecule has 1 nitrogen and oxygen atoms in total. The fraction of sp³-hybridized carbons (Fsp3) is 0.364. The molecule has 0 bridgehead atoms. The van der Waals surface area contributed by atoms with Gasteiger partial charge in [0.2, 0.25) is 0 Å². The lowest BCUT2D eigenvalue weighted by atomic mass is 10.1. The van der Waals surface area contributed by atoms with Crippen molar-refractivity contribution in [2.45, 2.75) is 5.25 Å². The van der Waals surface area contributed by atoms with Gasteiger partial charge in [0, 0.05) is 23.3 Å². The van der Waals surface area contributed by atoms with Gasteiger partial charge in [-0.1, -0.05) is 0 Å². The normalized spacial score (nSPS) is 20.8. The Labute approximate surface area is 101 Å². The van der Waals surface area contributed by atoms with Crippen molar-refractivity contribution in [3.05, 3.63) is 35.4 Å². The Hall–Kier alpha value is -0.550. The van der Waals surface area contributed by atoms with Gasteiger partial charge in [-0.3, -0.25) is 4.79 Å². The summed E-state index contributed by atoms with van der Waals surface area (Å²) in [6.07, 6.45) is 0. The predicted octanol–water partition coefficient (Wildman–Crippen LogP) is 3.00. The summed E-state index contributed by atoms with van der Waals surface area (Å²) in [5.41, 5.74) is 0.00130. The number of rotatable bonds is 2. The Morgan fingerprint density at radius 1 is 1.31 bits per heavy atom. The van der Waals surface area contributed by atoms with Crippen molar-refractivity contribution in [2.75, 3.05) is 17.3 Å². The Bertz CT molecular complexity index is 403. The van der Waals surface area contributed by atoms with E-state index >= 15 is 0 Å². The second-order valence-corrected chi connectivity index (χ2v) is 5.88. The zero-order valence-electron chi connectivity index (χ0n) is 8.41. The van der Waals surface area contributed by atoms with Crippen molar-refractivity contribution in [2.24, 2.45) is 0 Å². The third kappa shape index (κ3) is 2.58. The van der Waals surface area contributed by atoms with Gasteiger partial charge in [-0.25, -0.2) is 8.78 Å². The second-order valence-electron chi connectivity index (χ2n) is 3.42. The lowest BCUT2D eigenvalue weighted by molar-refractivity contribution is 0.0991. The monoisotopic (exact) mass is 260 g/mol. The molecule has 0 aliphatic carbocycles. The maximum atomic E-state index is 13.4. The topological polar surface area (TPSA) is 17.1 Å². The minimum atomic E-state index is -0.763. The minimum absolute atomic E-state index is 0.00130. The van der Waals surface area contributed by atoms with Gasteiger partial charge in [0.15, 0.2) is 5.78 Å². The van der Waals surface area contributed by atoms with Crippen molar-refractivity contribution in [1.82, 2.24) is 0 Å². The SMILES string of the molecule is O=C(c1ccc(F)cc1F)C1CSCCS1. The number of carbonyl (C=O) groups is 1. The lowest BCUT2D eigenvalue weighted by Crippen LogP contribution is -2.25. The molecule has 86 valence electrons. The first-order chi connectivity index (χ1) is 7.68. The minimum Gasteiger partial charge on any atom is -0.293 e. The molecule has 1 saturated heterocycles. The van der Waals surface area contributed by atoms with E-state index in [4.69, 9.17) is 0 Å². The maximum absolute atomic E-state index is 13.4. The summed E-state index contributed by atoms with van der Waals surface area (Å²) in [7, 11) is 0. The van der Waals surface area contributed by atoms with E-state index in [1.807, 2.05) is 0 Å². The molecule has 1 heterocycles. The van der Waals surface area contributed by atoms with Crippen LogP contribution < -0.4 is 0 Å². The van der Waals surface area contributed by atoms with Crippen molar-refractivity contribution < 1.29 is 13.6 Å². The second kappa shape index (κ2) is 5.19. The summed E-state index contributed by atoms with van der Waals surface area (Å²) in [4.78, 5) is 11.9. The fourth-order valence-electron chi connectivity index (χ4n) is 1.50. The molecule has 0 aromatic heterocycles. The van der Waals surface area contributed by atoms with Gasteiger partial charge >= 0.3 is 0 Å². The van der Waals surface area contributed by atoms with Crippen LogP contribution >= 0.6 is 23.5 Å². The molecule has 0 saturated carbocycles. The molecule has 0 amide bonds. The molecule has 0 radical (unpaired) electrons. The molecule has 1 aromatic rings. The number of Topliss-reactive ketones (excluding diaryl/α,β-unsaturated/α-hetero) is 1. The molecule has 2 rings (SSSR count). The van der Waals surface area contributed by atoms with E-state index in [0.29, 0.717) is 5.75 Å². The number of halogens is 2. The van der Waals surface area contributed by atoms with Crippen LogP contribution in [0.25, 0.3) is 0 Å². The molecule has 1 aliphatic heterocycles. The van der Waals surface area contributed by atoms with E-state index in [1.165, 1.54) is 6.07 Å². The molecule has 0 spiro atoms. The van der Waals surface area contributed by atoms with Crippen molar-refractivity contribution in [1.29, 1.82) is 0 Å². The van der Waals surface area contributed by atoms with Gasteiger partial charge in [0.25, 0.3) is 0 Å². The number of ketones is 1. The largest absolute Gasteiger partial charge is 0.293 e. The third-order valence-corrected chi connectivity index (χ3v) is 5.06. The lowest BCUT2D eigenvalue weighted by Gasteiger charge is -2.19. The summed E-state index contributed by atoms with van der Waals surface area (Å²) >= 11 is 3.25. The van der Waals surface area contributed by atoms with Crippen LogP contribution in [0.1, 0.15) is 10.4 Å². The van der Waals surface area contributed by atoms with E-state index in [2.05, 4.69) is 0 Å². The molecule has 1 fully saturated rings. The van der Waals surface area contributed by atoms with Crippen LogP contribution in [-0.2, 0) is 0 Å². The fourth-order valence-corrected chi connectivity index (χ4v) is 4.13. The van der Waals surface area contributed by atoms with Crippen LogP contribution in [0.5, 0.6) is 0 Å². The molecule has 5 heteroatoms. The molecular formula is C11H10F2OS2. The summed E-state index contributed by atoms with van der Waals surface area (Å²) in [5, 5.41) is -0.196. The highest BCUT2D eigenvalue weighted by atomic mass is 32.2. The Morgan fingerprint density at radius 3 is 2.75 bits per heavy atom. The molecular weight excluding hydrogens is 250 g/mol. The summed E-state index contributed by atoms with van der Waals surface area (Å²) in [5.74, 6) is 1.00. The van der Waals surface area contributed by atoms with Gasteiger partial charge in [0.1, 0.15) is 11.6 Å². The van der Waals surface area contributed by atoms with Gasteiger partial charge < -0.3 is 0 Å². The predicted molar refractivity (Wildman–Crippen MR) is 64.3 cm³/mol. The standard InChI is InChI=1S/C11H10F2OS2/c12-7-1-2-8(9(13)5-7)11(14)10-6-15-3-4-16-10/h1-2,5,10H,3-4,6H2.